The van der Waals surface area contributed by atoms with Crippen LogP contribution in [0.4, 0.5) is 0 Å². The smallest absolute Gasteiger partial charge is 0.169 e. The second kappa shape index (κ2) is 5.04. The third-order valence-corrected chi connectivity index (χ3v) is 2.83. The number of carbonyl (C=O) groups excluding carboxylic acids is 4. The lowest BCUT2D eigenvalue weighted by atomic mass is 9.93. The topological polar surface area (TPSA) is 68.3 Å². The van der Waals surface area contributed by atoms with Crippen LogP contribution in [-0.2, 0) is 19.2 Å². The summed E-state index contributed by atoms with van der Waals surface area (Å²) < 4.78 is 0. The van der Waals surface area contributed by atoms with Crippen molar-refractivity contribution in [3.8, 4) is 0 Å². The van der Waals surface area contributed by atoms with Crippen LogP contribution in [0.1, 0.15) is 25.7 Å². The van der Waals surface area contributed by atoms with Gasteiger partial charge in [0.15, 0.2) is 11.6 Å². The first-order valence-electron chi connectivity index (χ1n) is 5.73. The van der Waals surface area contributed by atoms with E-state index in [0.717, 1.165) is 0 Å². The van der Waals surface area contributed by atoms with Gasteiger partial charge in [0, 0.05) is 18.4 Å². The van der Waals surface area contributed by atoms with Crippen molar-refractivity contribution in [1.29, 1.82) is 0 Å². The zero-order valence-corrected chi connectivity index (χ0v) is 9.77. The summed E-state index contributed by atoms with van der Waals surface area (Å²) in [7, 11) is 0. The first kappa shape index (κ1) is 12.4. The van der Waals surface area contributed by atoms with E-state index in [1.165, 1.54) is 6.08 Å². The fraction of sp³-hybridized carbons (Fsp3) is 0.286. The molecule has 0 spiro atoms. The number of carbonyl (C=O) groups is 4. The lowest BCUT2D eigenvalue weighted by Crippen LogP contribution is -2.14. The predicted molar refractivity (Wildman–Crippen MR) is 63.8 cm³/mol. The highest BCUT2D eigenvalue weighted by molar-refractivity contribution is 6.12. The second-order valence-electron chi connectivity index (χ2n) is 4.41. The van der Waals surface area contributed by atoms with Crippen molar-refractivity contribution >= 4 is 23.1 Å². The molecular formula is C14H12O4. The van der Waals surface area contributed by atoms with E-state index in [0.29, 0.717) is 11.1 Å². The van der Waals surface area contributed by atoms with Gasteiger partial charge in [-0.25, -0.2) is 0 Å². The Balaban J connectivity index is 2.12. The SMILES string of the molecule is O=C1C=C(C=CC2=CCC(=O)CC2=O)CC(=O)C1. The monoisotopic (exact) mass is 244 g/mol. The Morgan fingerprint density at radius 1 is 0.889 bits per heavy atom. The van der Waals surface area contributed by atoms with Gasteiger partial charge in [0.25, 0.3) is 0 Å². The van der Waals surface area contributed by atoms with E-state index in [4.69, 9.17) is 0 Å². The summed E-state index contributed by atoms with van der Waals surface area (Å²) >= 11 is 0. The van der Waals surface area contributed by atoms with E-state index < -0.39 is 0 Å². The molecule has 2 aliphatic rings. The van der Waals surface area contributed by atoms with Crippen molar-refractivity contribution in [2.24, 2.45) is 0 Å². The zero-order valence-electron chi connectivity index (χ0n) is 9.77. The molecule has 0 radical (unpaired) electrons. The van der Waals surface area contributed by atoms with E-state index in [2.05, 4.69) is 0 Å². The zero-order chi connectivity index (χ0) is 13.1. The van der Waals surface area contributed by atoms with Crippen LogP contribution in [0, 0.1) is 0 Å². The summed E-state index contributed by atoms with van der Waals surface area (Å²) in [5, 5.41) is 0. The maximum Gasteiger partial charge on any atom is 0.169 e. The molecule has 2 aliphatic carbocycles. The van der Waals surface area contributed by atoms with Gasteiger partial charge in [-0.1, -0.05) is 18.2 Å². The highest BCUT2D eigenvalue weighted by Crippen LogP contribution is 2.17. The van der Waals surface area contributed by atoms with Gasteiger partial charge in [-0.3, -0.25) is 19.2 Å². The van der Waals surface area contributed by atoms with Gasteiger partial charge in [0.2, 0.25) is 0 Å². The average molecular weight is 244 g/mol. The Morgan fingerprint density at radius 3 is 2.33 bits per heavy atom. The summed E-state index contributed by atoms with van der Waals surface area (Å²) in [6.07, 6.45) is 6.58. The minimum atomic E-state index is -0.212. The van der Waals surface area contributed by atoms with Crippen molar-refractivity contribution in [2.75, 3.05) is 0 Å². The Morgan fingerprint density at radius 2 is 1.67 bits per heavy atom. The Kier molecular flexibility index (Phi) is 3.46. The Labute approximate surface area is 104 Å². The van der Waals surface area contributed by atoms with Crippen LogP contribution in [0.3, 0.4) is 0 Å². The molecule has 0 aromatic heterocycles. The van der Waals surface area contributed by atoms with Crippen molar-refractivity contribution in [1.82, 2.24) is 0 Å². The molecule has 2 rings (SSSR count). The molecule has 18 heavy (non-hydrogen) atoms. The molecular weight excluding hydrogens is 232 g/mol. The van der Waals surface area contributed by atoms with Gasteiger partial charge < -0.3 is 0 Å². The number of Topliss-reactive ketones (excluding diaryl/α,β-unsaturated/α-hetero) is 3. The van der Waals surface area contributed by atoms with Gasteiger partial charge in [0.05, 0.1) is 12.8 Å². The molecule has 0 N–H and O–H groups in total. The molecule has 4 nitrogen and oxygen atoms in total. The number of hydrogen-bond acceptors (Lipinski definition) is 4. The van der Waals surface area contributed by atoms with Crippen LogP contribution in [0.25, 0.3) is 0 Å². The summed E-state index contributed by atoms with van der Waals surface area (Å²) in [6.45, 7) is 0. The number of rotatable bonds is 2. The number of allylic oxidation sites excluding steroid dienone is 6. The molecule has 0 amide bonds. The fourth-order valence-corrected chi connectivity index (χ4v) is 1.95. The molecule has 0 aliphatic heterocycles. The molecule has 0 bridgehead atoms. The quantitative estimate of drug-likeness (QED) is 0.686. The summed E-state index contributed by atoms with van der Waals surface area (Å²) in [5.41, 5.74) is 1.09. The Hall–Kier alpha value is -2.10. The summed E-state index contributed by atoms with van der Waals surface area (Å²) in [4.78, 5) is 44.9. The van der Waals surface area contributed by atoms with Crippen molar-refractivity contribution < 1.29 is 19.2 Å². The summed E-state index contributed by atoms with van der Waals surface area (Å²) in [6, 6.07) is 0. The van der Waals surface area contributed by atoms with Crippen molar-refractivity contribution in [3.63, 3.8) is 0 Å². The second-order valence-corrected chi connectivity index (χ2v) is 4.41. The first-order chi connectivity index (χ1) is 8.54. The van der Waals surface area contributed by atoms with Gasteiger partial charge in [-0.2, -0.15) is 0 Å². The van der Waals surface area contributed by atoms with Crippen LogP contribution >= 0.6 is 0 Å². The highest BCUT2D eigenvalue weighted by atomic mass is 16.2. The van der Waals surface area contributed by atoms with Crippen LogP contribution in [0.2, 0.25) is 0 Å². The molecule has 0 saturated carbocycles. The minimum Gasteiger partial charge on any atom is -0.299 e. The maximum absolute atomic E-state index is 11.5. The van der Waals surface area contributed by atoms with E-state index in [9.17, 15) is 19.2 Å². The molecule has 0 saturated heterocycles. The molecule has 0 heterocycles. The van der Waals surface area contributed by atoms with Crippen LogP contribution < -0.4 is 0 Å². The van der Waals surface area contributed by atoms with Gasteiger partial charge >= 0.3 is 0 Å². The molecule has 0 aromatic carbocycles. The molecule has 92 valence electrons. The standard InChI is InChI=1S/C14H12O4/c15-11-4-3-10(14(18)8-11)2-1-9-5-12(16)7-13(17)6-9/h1-3,5H,4,6-8H2. The lowest BCUT2D eigenvalue weighted by Gasteiger charge is -2.09. The van der Waals surface area contributed by atoms with Crippen LogP contribution in [0.15, 0.2) is 35.5 Å². The van der Waals surface area contributed by atoms with E-state index in [1.54, 1.807) is 18.2 Å². The van der Waals surface area contributed by atoms with Crippen LogP contribution in [-0.4, -0.2) is 23.1 Å². The van der Waals surface area contributed by atoms with E-state index in [-0.39, 0.29) is 48.8 Å². The highest BCUT2D eigenvalue weighted by Gasteiger charge is 2.18. The van der Waals surface area contributed by atoms with Crippen LogP contribution in [0.5, 0.6) is 0 Å². The van der Waals surface area contributed by atoms with Crippen molar-refractivity contribution in [2.45, 2.75) is 25.7 Å². The lowest BCUT2D eigenvalue weighted by molar-refractivity contribution is -0.126. The van der Waals surface area contributed by atoms with Gasteiger partial charge in [-0.15, -0.1) is 0 Å². The number of hydrogen-bond donors (Lipinski definition) is 0. The Bertz CT molecular complexity index is 532. The maximum atomic E-state index is 11.5. The average Bonchev–Trinajstić information content (AvgIpc) is 2.26. The number of ketones is 4. The molecule has 0 fully saturated rings. The first-order valence-corrected chi connectivity index (χ1v) is 5.73. The molecule has 0 atom stereocenters. The largest absolute Gasteiger partial charge is 0.299 e. The van der Waals surface area contributed by atoms with E-state index >= 15 is 0 Å². The third kappa shape index (κ3) is 2.97. The molecule has 0 aromatic rings. The molecule has 4 heteroatoms. The minimum absolute atomic E-state index is 0.0343. The molecule has 0 unspecified atom stereocenters. The normalized spacial score (nSPS) is 21.3. The summed E-state index contributed by atoms with van der Waals surface area (Å²) in [5.74, 6) is -0.609. The fourth-order valence-electron chi connectivity index (χ4n) is 1.95. The van der Waals surface area contributed by atoms with E-state index in [1.807, 2.05) is 0 Å². The predicted octanol–water partition coefficient (Wildman–Crippen LogP) is 1.26. The van der Waals surface area contributed by atoms with Gasteiger partial charge in [0.1, 0.15) is 11.6 Å². The van der Waals surface area contributed by atoms with Gasteiger partial charge in [-0.05, 0) is 11.6 Å². The van der Waals surface area contributed by atoms with Crippen molar-refractivity contribution in [3.05, 3.63) is 35.5 Å². The third-order valence-electron chi connectivity index (χ3n) is 2.83.